The van der Waals surface area contributed by atoms with Crippen molar-refractivity contribution < 1.29 is 28.8 Å². The lowest BCUT2D eigenvalue weighted by Gasteiger charge is -2.25. The highest BCUT2D eigenvalue weighted by molar-refractivity contribution is 7.07. The maximum atomic E-state index is 13.8. The Morgan fingerprint density at radius 1 is 1.11 bits per heavy atom. The molecule has 1 aliphatic heterocycles. The Morgan fingerprint density at radius 2 is 1.86 bits per heavy atom. The van der Waals surface area contributed by atoms with Crippen molar-refractivity contribution in [1.29, 1.82) is 0 Å². The molecule has 0 aliphatic carbocycles. The zero-order valence-corrected chi connectivity index (χ0v) is 22.0. The van der Waals surface area contributed by atoms with Gasteiger partial charge in [-0.1, -0.05) is 29.5 Å². The van der Waals surface area contributed by atoms with Crippen LogP contribution in [0.2, 0.25) is 0 Å². The normalized spacial score (nSPS) is 15.2. The summed E-state index contributed by atoms with van der Waals surface area (Å²) in [5.74, 6) is 0.685. The summed E-state index contributed by atoms with van der Waals surface area (Å²) in [6, 6.07) is 9.51. The van der Waals surface area contributed by atoms with Crippen molar-refractivity contribution in [3.05, 3.63) is 78.5 Å². The van der Waals surface area contributed by atoms with Gasteiger partial charge in [0.25, 0.3) is 5.56 Å². The number of esters is 1. The van der Waals surface area contributed by atoms with Gasteiger partial charge >= 0.3 is 5.97 Å². The first-order valence-corrected chi connectivity index (χ1v) is 12.5. The molecule has 9 nitrogen and oxygen atoms in total. The SMILES string of the molecule is CCOC(=O)C1=C(C)N=c2sc(=Cc3cccc(OC)c3O)c(=O)n2C1c1ccc(OC)c(OCC)c1. The molecule has 2 aromatic carbocycles. The lowest BCUT2D eigenvalue weighted by molar-refractivity contribution is -0.139. The summed E-state index contributed by atoms with van der Waals surface area (Å²) in [7, 11) is 3.00. The largest absolute Gasteiger partial charge is 0.504 e. The number of aromatic hydroxyl groups is 1. The summed E-state index contributed by atoms with van der Waals surface area (Å²) < 4.78 is 23.5. The number of aromatic nitrogens is 1. The average molecular weight is 525 g/mol. The van der Waals surface area contributed by atoms with Gasteiger partial charge < -0.3 is 24.1 Å². The standard InChI is InChI=1S/C27H28N2O7S/c1-6-35-20-13-16(11-12-18(20)33-4)23-22(26(32)36-7-2)15(3)28-27-29(23)25(31)21(37-27)14-17-9-8-10-19(34-5)24(17)30/h8-14,23,30H,6-7H2,1-5H3. The topological polar surface area (TPSA) is 109 Å². The summed E-state index contributed by atoms with van der Waals surface area (Å²) in [6.07, 6.45) is 1.59. The van der Waals surface area contributed by atoms with Gasteiger partial charge in [0.05, 0.1) is 49.3 Å². The fraction of sp³-hybridized carbons (Fsp3) is 0.296. The molecule has 4 rings (SSSR count). The van der Waals surface area contributed by atoms with Crippen molar-refractivity contribution in [2.45, 2.75) is 26.8 Å². The van der Waals surface area contributed by atoms with Crippen molar-refractivity contribution in [3.63, 3.8) is 0 Å². The van der Waals surface area contributed by atoms with E-state index >= 15 is 0 Å². The smallest absolute Gasteiger partial charge is 0.338 e. The number of carbonyl (C=O) groups excluding carboxylic acids is 1. The number of phenolic OH excluding ortho intramolecular Hbond substituents is 1. The molecule has 0 fully saturated rings. The van der Waals surface area contributed by atoms with Gasteiger partial charge in [0.1, 0.15) is 0 Å². The predicted molar refractivity (Wildman–Crippen MR) is 139 cm³/mol. The number of thiazole rings is 1. The average Bonchev–Trinajstić information content (AvgIpc) is 3.19. The molecule has 1 atom stereocenters. The number of rotatable bonds is 8. The Kier molecular flexibility index (Phi) is 7.68. The van der Waals surface area contributed by atoms with Gasteiger partial charge in [-0.3, -0.25) is 9.36 Å². The first-order chi connectivity index (χ1) is 17.8. The highest BCUT2D eigenvalue weighted by atomic mass is 32.1. The Morgan fingerprint density at radius 3 is 2.54 bits per heavy atom. The Bertz CT molecular complexity index is 1550. The second-order valence-corrected chi connectivity index (χ2v) is 9.05. The van der Waals surface area contributed by atoms with Crippen molar-refractivity contribution >= 4 is 23.4 Å². The molecular formula is C27H28N2O7S. The molecule has 10 heteroatoms. The summed E-state index contributed by atoms with van der Waals surface area (Å²) in [6.45, 7) is 5.88. The second kappa shape index (κ2) is 10.9. The van der Waals surface area contributed by atoms with Gasteiger partial charge in [0, 0.05) is 5.56 Å². The molecule has 0 spiro atoms. The first-order valence-electron chi connectivity index (χ1n) is 11.7. The van der Waals surface area contributed by atoms with E-state index in [2.05, 4.69) is 4.99 Å². The maximum Gasteiger partial charge on any atom is 0.338 e. The summed E-state index contributed by atoms with van der Waals surface area (Å²) in [5, 5.41) is 10.5. The third-order valence-electron chi connectivity index (χ3n) is 5.86. The van der Waals surface area contributed by atoms with E-state index in [-0.39, 0.29) is 23.5 Å². The first kappa shape index (κ1) is 26.0. The number of ether oxygens (including phenoxy) is 4. The van der Waals surface area contributed by atoms with E-state index in [9.17, 15) is 14.7 Å². The van der Waals surface area contributed by atoms with E-state index in [0.29, 0.717) is 50.0 Å². The highest BCUT2D eigenvalue weighted by Crippen LogP contribution is 2.36. The van der Waals surface area contributed by atoms with Crippen molar-refractivity contribution in [2.75, 3.05) is 27.4 Å². The van der Waals surface area contributed by atoms with Crippen molar-refractivity contribution in [2.24, 2.45) is 4.99 Å². The fourth-order valence-electron chi connectivity index (χ4n) is 4.20. The van der Waals surface area contributed by atoms with Gasteiger partial charge in [0.15, 0.2) is 27.8 Å². The monoisotopic (exact) mass is 524 g/mol. The molecule has 0 bridgehead atoms. The van der Waals surface area contributed by atoms with E-state index in [0.717, 1.165) is 11.3 Å². The number of fused-ring (bicyclic) bond motifs is 1. The highest BCUT2D eigenvalue weighted by Gasteiger charge is 2.34. The minimum absolute atomic E-state index is 0.0766. The molecule has 1 aliphatic rings. The molecule has 1 aromatic heterocycles. The number of carbonyl (C=O) groups is 1. The number of nitrogens with zero attached hydrogens (tertiary/aromatic N) is 2. The fourth-order valence-corrected chi connectivity index (χ4v) is 5.24. The van der Waals surface area contributed by atoms with E-state index in [1.807, 2.05) is 6.92 Å². The molecule has 0 radical (unpaired) electrons. The lowest BCUT2D eigenvalue weighted by Crippen LogP contribution is -2.40. The summed E-state index contributed by atoms with van der Waals surface area (Å²) >= 11 is 1.16. The number of allylic oxidation sites excluding steroid dienone is 1. The lowest BCUT2D eigenvalue weighted by atomic mass is 9.95. The third-order valence-corrected chi connectivity index (χ3v) is 6.84. The van der Waals surface area contributed by atoms with Gasteiger partial charge in [-0.25, -0.2) is 9.79 Å². The molecule has 3 aromatic rings. The van der Waals surface area contributed by atoms with Crippen LogP contribution in [0.1, 0.15) is 37.9 Å². The molecule has 1 N–H and O–H groups in total. The quantitative estimate of drug-likeness (QED) is 0.452. The molecular weight excluding hydrogens is 496 g/mol. The number of phenols is 1. The Hall–Kier alpha value is -4.05. The molecule has 37 heavy (non-hydrogen) atoms. The molecule has 0 amide bonds. The zero-order valence-electron chi connectivity index (χ0n) is 21.2. The maximum absolute atomic E-state index is 13.8. The van der Waals surface area contributed by atoms with Gasteiger partial charge in [-0.2, -0.15) is 0 Å². The van der Waals surface area contributed by atoms with E-state index in [1.165, 1.54) is 11.7 Å². The van der Waals surface area contributed by atoms with Crippen LogP contribution in [0.25, 0.3) is 6.08 Å². The molecule has 0 saturated carbocycles. The van der Waals surface area contributed by atoms with Crippen LogP contribution < -0.4 is 29.1 Å². The van der Waals surface area contributed by atoms with Gasteiger partial charge in [-0.15, -0.1) is 0 Å². The predicted octanol–water partition coefficient (Wildman–Crippen LogP) is 2.92. The van der Waals surface area contributed by atoms with Crippen molar-refractivity contribution in [3.8, 4) is 23.0 Å². The molecule has 0 saturated heterocycles. The van der Waals surface area contributed by atoms with Gasteiger partial charge in [0.2, 0.25) is 0 Å². The minimum Gasteiger partial charge on any atom is -0.504 e. The number of benzene rings is 2. The summed E-state index contributed by atoms with van der Waals surface area (Å²) in [5.41, 5.74) is 1.41. The van der Waals surface area contributed by atoms with Crippen LogP contribution in [0, 0.1) is 0 Å². The summed E-state index contributed by atoms with van der Waals surface area (Å²) in [4.78, 5) is 31.9. The van der Waals surface area contributed by atoms with Crippen LogP contribution in [-0.2, 0) is 9.53 Å². The number of methoxy groups -OCH3 is 2. The van der Waals surface area contributed by atoms with Crippen LogP contribution in [0.5, 0.6) is 23.0 Å². The van der Waals surface area contributed by atoms with Crippen LogP contribution in [-0.4, -0.2) is 43.1 Å². The van der Waals surface area contributed by atoms with Crippen LogP contribution in [0.4, 0.5) is 0 Å². The Labute approximate surface area is 217 Å². The molecule has 194 valence electrons. The van der Waals surface area contributed by atoms with E-state index < -0.39 is 12.0 Å². The van der Waals surface area contributed by atoms with Crippen LogP contribution in [0.15, 0.2) is 57.5 Å². The minimum atomic E-state index is -0.804. The van der Waals surface area contributed by atoms with Crippen molar-refractivity contribution in [1.82, 2.24) is 4.57 Å². The zero-order chi connectivity index (χ0) is 26.7. The van der Waals surface area contributed by atoms with Crippen LogP contribution in [0.3, 0.4) is 0 Å². The van der Waals surface area contributed by atoms with Crippen LogP contribution >= 0.6 is 11.3 Å². The molecule has 1 unspecified atom stereocenters. The number of hydrogen-bond acceptors (Lipinski definition) is 9. The van der Waals surface area contributed by atoms with E-state index in [1.54, 1.807) is 63.4 Å². The van der Waals surface area contributed by atoms with Gasteiger partial charge in [-0.05, 0) is 50.6 Å². The third kappa shape index (κ3) is 4.84. The van der Waals surface area contributed by atoms with E-state index in [4.69, 9.17) is 18.9 Å². The number of para-hydroxylation sites is 1. The second-order valence-electron chi connectivity index (χ2n) is 8.04. The number of hydrogen-bond donors (Lipinski definition) is 1. The molecule has 2 heterocycles. The Balaban J connectivity index is 1.98.